The van der Waals surface area contributed by atoms with Crippen LogP contribution in [0.25, 0.3) is 0 Å². The lowest BCUT2D eigenvalue weighted by molar-refractivity contribution is -0.139. The predicted octanol–water partition coefficient (Wildman–Crippen LogP) is 4.92. The molecule has 1 rings (SSSR count). The van der Waals surface area contributed by atoms with Gasteiger partial charge in [-0.25, -0.2) is 4.79 Å². The highest BCUT2D eigenvalue weighted by atomic mass is 35.5. The highest BCUT2D eigenvalue weighted by Crippen LogP contribution is 2.39. The normalized spacial score (nSPS) is 17.4. The molecule has 1 unspecified atom stereocenters. The summed E-state index contributed by atoms with van der Waals surface area (Å²) in [6, 6.07) is 0. The minimum Gasteiger partial charge on any atom is -0.463 e. The monoisotopic (exact) mass is 478 g/mol. The quantitative estimate of drug-likeness (QED) is 0.209. The molecule has 0 saturated heterocycles. The maximum atomic E-state index is 13.4. The summed E-state index contributed by atoms with van der Waals surface area (Å²) in [5.41, 5.74) is 7.47. The molecule has 0 spiro atoms. The zero-order valence-corrected chi connectivity index (χ0v) is 21.4. The Balaban J connectivity index is 3.61. The fourth-order valence-electron chi connectivity index (χ4n) is 3.43. The maximum absolute atomic E-state index is 13.4. The first kappa shape index (κ1) is 28.9. The first-order valence-corrected chi connectivity index (χ1v) is 11.9. The third-order valence-electron chi connectivity index (χ3n) is 5.75. The maximum Gasteiger partial charge on any atom is 0.336 e. The van der Waals surface area contributed by atoms with E-state index < -0.39 is 11.9 Å². The van der Waals surface area contributed by atoms with Crippen LogP contribution in [-0.4, -0.2) is 38.1 Å². The van der Waals surface area contributed by atoms with Gasteiger partial charge in [0, 0.05) is 35.7 Å². The molecule has 1 atom stereocenters. The predicted molar refractivity (Wildman–Crippen MR) is 134 cm³/mol. The van der Waals surface area contributed by atoms with Gasteiger partial charge < -0.3 is 20.5 Å². The molecule has 0 aliphatic carbocycles. The van der Waals surface area contributed by atoms with Crippen molar-refractivity contribution in [1.29, 1.82) is 0 Å². The molecule has 0 aromatic heterocycles. The van der Waals surface area contributed by atoms with E-state index in [1.807, 2.05) is 13.0 Å². The molecule has 7 heteroatoms. The number of rotatable bonds is 14. The molecule has 0 saturated carbocycles. The number of halogens is 1. The molecule has 6 nitrogen and oxygen atoms in total. The zero-order chi connectivity index (χ0) is 25.0. The van der Waals surface area contributed by atoms with Crippen LogP contribution < -0.4 is 11.1 Å². The number of esters is 1. The molecular formula is C26H39ClN2O4. The molecule has 3 N–H and O–H groups in total. The van der Waals surface area contributed by atoms with Crippen LogP contribution in [0, 0.1) is 11.3 Å². The summed E-state index contributed by atoms with van der Waals surface area (Å²) in [6.45, 7) is 14.8. The van der Waals surface area contributed by atoms with Crippen molar-refractivity contribution in [3.05, 3.63) is 58.5 Å². The SMILES string of the molecule is C=C/C(Cl)=C(\C=C/C)C1C(C(=O)CCC(C)(C)CC)=CNC(COCCN)=C1C(=O)OCC. The Bertz CT molecular complexity index is 837. The molecule has 0 radical (unpaired) electrons. The van der Waals surface area contributed by atoms with Crippen LogP contribution in [-0.2, 0) is 19.1 Å². The van der Waals surface area contributed by atoms with Gasteiger partial charge in [-0.3, -0.25) is 4.79 Å². The van der Waals surface area contributed by atoms with E-state index in [0.29, 0.717) is 47.0 Å². The van der Waals surface area contributed by atoms with Gasteiger partial charge in [0.25, 0.3) is 0 Å². The smallest absolute Gasteiger partial charge is 0.336 e. The standard InChI is InChI=1S/C26H39ClN2O4/c1-7-11-18(20(27)8-2)23-19(22(30)12-13-26(5,6)9-3)16-29-21(17-32-15-14-28)24(23)25(31)33-10-4/h7-8,11,16,23,29H,2,9-10,12-15,17,28H2,1,3-6H3/b11-7-,20-18-. The lowest BCUT2D eigenvalue weighted by Gasteiger charge is -2.31. The number of carbonyl (C=O) groups is 2. The second-order valence-corrected chi connectivity index (χ2v) is 8.99. The number of carbonyl (C=O) groups excluding carboxylic acids is 2. The number of hydrogen-bond donors (Lipinski definition) is 2. The van der Waals surface area contributed by atoms with Crippen molar-refractivity contribution in [3.8, 4) is 0 Å². The van der Waals surface area contributed by atoms with Crippen molar-refractivity contribution in [2.75, 3.05) is 26.4 Å². The summed E-state index contributed by atoms with van der Waals surface area (Å²) in [5.74, 6) is -1.28. The topological polar surface area (TPSA) is 90.6 Å². The molecule has 1 heterocycles. The van der Waals surface area contributed by atoms with E-state index in [1.165, 1.54) is 6.08 Å². The lowest BCUT2D eigenvalue weighted by Crippen LogP contribution is -2.34. The first-order valence-electron chi connectivity index (χ1n) is 11.5. The average Bonchev–Trinajstić information content (AvgIpc) is 2.80. The lowest BCUT2D eigenvalue weighted by atomic mass is 9.77. The number of allylic oxidation sites excluding steroid dienone is 6. The average molecular weight is 479 g/mol. The van der Waals surface area contributed by atoms with E-state index in [1.54, 1.807) is 19.2 Å². The van der Waals surface area contributed by atoms with Gasteiger partial charge in [0.2, 0.25) is 0 Å². The van der Waals surface area contributed by atoms with E-state index in [4.69, 9.17) is 26.8 Å². The van der Waals surface area contributed by atoms with Gasteiger partial charge in [-0.05, 0) is 31.3 Å². The molecule has 184 valence electrons. The minimum absolute atomic E-state index is 0.0373. The highest BCUT2D eigenvalue weighted by Gasteiger charge is 2.37. The van der Waals surface area contributed by atoms with Gasteiger partial charge in [-0.2, -0.15) is 0 Å². The van der Waals surface area contributed by atoms with Crippen molar-refractivity contribution >= 4 is 23.4 Å². The van der Waals surface area contributed by atoms with Crippen LogP contribution in [0.4, 0.5) is 0 Å². The van der Waals surface area contributed by atoms with Crippen molar-refractivity contribution < 1.29 is 19.1 Å². The number of nitrogens with two attached hydrogens (primary N) is 1. The van der Waals surface area contributed by atoms with Gasteiger partial charge in [0.15, 0.2) is 5.78 Å². The number of ether oxygens (including phenoxy) is 2. The number of ketones is 1. The summed E-state index contributed by atoms with van der Waals surface area (Å²) in [4.78, 5) is 26.6. The van der Waals surface area contributed by atoms with Crippen molar-refractivity contribution in [2.45, 2.75) is 53.9 Å². The summed E-state index contributed by atoms with van der Waals surface area (Å²) in [5, 5.41) is 3.47. The summed E-state index contributed by atoms with van der Waals surface area (Å²) < 4.78 is 11.0. The van der Waals surface area contributed by atoms with Crippen LogP contribution in [0.1, 0.15) is 53.9 Å². The summed E-state index contributed by atoms with van der Waals surface area (Å²) in [6.07, 6.45) is 8.84. The van der Waals surface area contributed by atoms with Gasteiger partial charge in [0.05, 0.1) is 31.1 Å². The Morgan fingerprint density at radius 1 is 1.33 bits per heavy atom. The largest absolute Gasteiger partial charge is 0.463 e. The first-order chi connectivity index (χ1) is 15.7. The molecule has 1 aliphatic heterocycles. The van der Waals surface area contributed by atoms with Crippen LogP contribution >= 0.6 is 11.6 Å². The van der Waals surface area contributed by atoms with Crippen LogP contribution in [0.15, 0.2) is 58.5 Å². The van der Waals surface area contributed by atoms with Gasteiger partial charge in [0.1, 0.15) is 0 Å². The van der Waals surface area contributed by atoms with Crippen molar-refractivity contribution in [1.82, 2.24) is 5.32 Å². The van der Waals surface area contributed by atoms with E-state index in [2.05, 4.69) is 32.7 Å². The fourth-order valence-corrected chi connectivity index (χ4v) is 3.60. The molecule has 0 aromatic carbocycles. The summed E-state index contributed by atoms with van der Waals surface area (Å²) in [7, 11) is 0. The van der Waals surface area contributed by atoms with Gasteiger partial charge >= 0.3 is 5.97 Å². The van der Waals surface area contributed by atoms with E-state index in [0.717, 1.165) is 12.8 Å². The van der Waals surface area contributed by atoms with Crippen molar-refractivity contribution in [3.63, 3.8) is 0 Å². The van der Waals surface area contributed by atoms with E-state index in [-0.39, 0.29) is 24.4 Å². The third-order valence-corrected chi connectivity index (χ3v) is 6.12. The van der Waals surface area contributed by atoms with Crippen LogP contribution in [0.2, 0.25) is 0 Å². The molecule has 0 amide bonds. The van der Waals surface area contributed by atoms with E-state index in [9.17, 15) is 9.59 Å². The van der Waals surface area contributed by atoms with Crippen LogP contribution in [0.3, 0.4) is 0 Å². The number of dihydropyridines is 1. The Hall–Kier alpha value is -2.15. The Kier molecular flexibility index (Phi) is 12.4. The molecule has 1 aliphatic rings. The third kappa shape index (κ3) is 8.29. The Morgan fingerprint density at radius 2 is 2.03 bits per heavy atom. The fraction of sp³-hybridized carbons (Fsp3) is 0.538. The van der Waals surface area contributed by atoms with Gasteiger partial charge in [-0.1, -0.05) is 63.6 Å². The minimum atomic E-state index is -0.708. The summed E-state index contributed by atoms with van der Waals surface area (Å²) >= 11 is 6.54. The number of nitrogens with one attached hydrogen (secondary N) is 1. The number of Topliss-reactive ketones (excluding diaryl/α,β-unsaturated/α-hetero) is 1. The van der Waals surface area contributed by atoms with Gasteiger partial charge in [-0.15, -0.1) is 0 Å². The zero-order valence-electron chi connectivity index (χ0n) is 20.6. The van der Waals surface area contributed by atoms with Crippen molar-refractivity contribution in [2.24, 2.45) is 17.1 Å². The highest BCUT2D eigenvalue weighted by molar-refractivity contribution is 6.32. The molecule has 0 aromatic rings. The molecule has 0 bridgehead atoms. The Labute approximate surface area is 203 Å². The second-order valence-electron chi connectivity index (χ2n) is 8.58. The molecule has 33 heavy (non-hydrogen) atoms. The van der Waals surface area contributed by atoms with E-state index >= 15 is 0 Å². The number of hydrogen-bond acceptors (Lipinski definition) is 6. The molecular weight excluding hydrogens is 440 g/mol. The second kappa shape index (κ2) is 14.2. The molecule has 0 fully saturated rings. The Morgan fingerprint density at radius 3 is 2.58 bits per heavy atom. The van der Waals surface area contributed by atoms with Crippen LogP contribution in [0.5, 0.6) is 0 Å².